The van der Waals surface area contributed by atoms with E-state index in [2.05, 4.69) is 0 Å². The molecule has 0 aromatic rings. The molecule has 2 atom stereocenters. The molecular formula is C8H15NO3. The molecule has 1 aliphatic rings. The van der Waals surface area contributed by atoms with Crippen LogP contribution in [-0.4, -0.2) is 45.8 Å². The fourth-order valence-corrected chi connectivity index (χ4v) is 1.69. The Bertz CT molecular complexity index is 181. The van der Waals surface area contributed by atoms with Gasteiger partial charge in [-0.15, -0.1) is 0 Å². The second-order valence-corrected chi connectivity index (χ2v) is 3.47. The van der Waals surface area contributed by atoms with Crippen molar-refractivity contribution in [2.24, 2.45) is 0 Å². The highest BCUT2D eigenvalue weighted by molar-refractivity contribution is 5.74. The molecule has 1 fully saturated rings. The van der Waals surface area contributed by atoms with Gasteiger partial charge in [0.1, 0.15) is 6.04 Å². The van der Waals surface area contributed by atoms with Crippen molar-refractivity contribution in [2.45, 2.75) is 38.5 Å². The summed E-state index contributed by atoms with van der Waals surface area (Å²) >= 11 is 0. The van der Waals surface area contributed by atoms with E-state index in [0.29, 0.717) is 13.0 Å². The lowest BCUT2D eigenvalue weighted by Gasteiger charge is -2.25. The quantitative estimate of drug-likeness (QED) is 0.613. The standard InChI is InChI=1S/C8H15NO3/c1-5(2)9-4-3-6(10)7(9)8(11)12/h5-7,10H,3-4H2,1-2H3,(H,11,12)/t6-,7+/m0/s1. The van der Waals surface area contributed by atoms with Crippen LogP contribution in [0.5, 0.6) is 0 Å². The van der Waals surface area contributed by atoms with Crippen LogP contribution >= 0.6 is 0 Å². The monoisotopic (exact) mass is 173 g/mol. The molecule has 70 valence electrons. The number of aliphatic hydroxyl groups is 1. The van der Waals surface area contributed by atoms with E-state index < -0.39 is 18.1 Å². The van der Waals surface area contributed by atoms with E-state index >= 15 is 0 Å². The molecule has 1 rings (SSSR count). The topological polar surface area (TPSA) is 60.8 Å². The maximum absolute atomic E-state index is 10.7. The second-order valence-electron chi connectivity index (χ2n) is 3.47. The van der Waals surface area contributed by atoms with Crippen molar-refractivity contribution in [3.05, 3.63) is 0 Å². The molecule has 0 aliphatic carbocycles. The zero-order valence-corrected chi connectivity index (χ0v) is 7.40. The Balaban J connectivity index is 2.70. The van der Waals surface area contributed by atoms with E-state index in [9.17, 15) is 9.90 Å². The Morgan fingerprint density at radius 2 is 2.17 bits per heavy atom. The van der Waals surface area contributed by atoms with Gasteiger partial charge in [0, 0.05) is 12.6 Å². The summed E-state index contributed by atoms with van der Waals surface area (Å²) in [4.78, 5) is 12.5. The lowest BCUT2D eigenvalue weighted by atomic mass is 10.1. The van der Waals surface area contributed by atoms with Gasteiger partial charge in [-0.25, -0.2) is 0 Å². The van der Waals surface area contributed by atoms with Crippen molar-refractivity contribution < 1.29 is 15.0 Å². The number of hydrogen-bond donors (Lipinski definition) is 2. The molecule has 0 unspecified atom stereocenters. The Labute approximate surface area is 71.8 Å². The van der Waals surface area contributed by atoms with E-state index in [1.807, 2.05) is 18.7 Å². The number of hydrogen-bond acceptors (Lipinski definition) is 3. The van der Waals surface area contributed by atoms with Crippen LogP contribution in [0.2, 0.25) is 0 Å². The zero-order valence-electron chi connectivity index (χ0n) is 7.40. The molecule has 0 amide bonds. The second kappa shape index (κ2) is 3.41. The maximum atomic E-state index is 10.7. The van der Waals surface area contributed by atoms with E-state index in [4.69, 9.17) is 5.11 Å². The molecule has 1 saturated heterocycles. The highest BCUT2D eigenvalue weighted by Gasteiger charge is 2.39. The van der Waals surface area contributed by atoms with Crippen molar-refractivity contribution in [1.82, 2.24) is 4.90 Å². The third kappa shape index (κ3) is 1.59. The first-order valence-corrected chi connectivity index (χ1v) is 4.20. The third-order valence-corrected chi connectivity index (χ3v) is 2.32. The molecule has 4 nitrogen and oxygen atoms in total. The number of aliphatic carboxylic acids is 1. The highest BCUT2D eigenvalue weighted by atomic mass is 16.4. The molecule has 0 radical (unpaired) electrons. The van der Waals surface area contributed by atoms with Crippen LogP contribution in [0.15, 0.2) is 0 Å². The van der Waals surface area contributed by atoms with Gasteiger partial charge in [-0.2, -0.15) is 0 Å². The highest BCUT2D eigenvalue weighted by Crippen LogP contribution is 2.20. The normalized spacial score (nSPS) is 31.3. The molecule has 12 heavy (non-hydrogen) atoms. The molecule has 2 N–H and O–H groups in total. The number of carboxylic acid groups (broad SMARTS) is 1. The molecule has 1 heterocycles. The molecule has 1 aliphatic heterocycles. The van der Waals surface area contributed by atoms with Gasteiger partial charge in [0.05, 0.1) is 6.10 Å². The van der Waals surface area contributed by atoms with Gasteiger partial charge in [0.25, 0.3) is 0 Å². The Morgan fingerprint density at radius 3 is 2.50 bits per heavy atom. The molecule has 0 aromatic carbocycles. The molecule has 4 heteroatoms. The average Bonchev–Trinajstić information content (AvgIpc) is 2.30. The number of nitrogens with zero attached hydrogens (tertiary/aromatic N) is 1. The van der Waals surface area contributed by atoms with Gasteiger partial charge in [-0.3, -0.25) is 9.69 Å². The lowest BCUT2D eigenvalue weighted by Crippen LogP contribution is -2.45. The predicted molar refractivity (Wildman–Crippen MR) is 43.9 cm³/mol. The fourth-order valence-electron chi connectivity index (χ4n) is 1.69. The average molecular weight is 173 g/mol. The fraction of sp³-hybridized carbons (Fsp3) is 0.875. The first-order valence-electron chi connectivity index (χ1n) is 4.20. The van der Waals surface area contributed by atoms with E-state index in [1.54, 1.807) is 0 Å². The predicted octanol–water partition coefficient (Wildman–Crippen LogP) is -0.0854. The van der Waals surface area contributed by atoms with Crippen LogP contribution in [0.1, 0.15) is 20.3 Å². The van der Waals surface area contributed by atoms with Crippen LogP contribution in [0, 0.1) is 0 Å². The minimum atomic E-state index is -0.922. The minimum absolute atomic E-state index is 0.184. The summed E-state index contributed by atoms with van der Waals surface area (Å²) < 4.78 is 0. The van der Waals surface area contributed by atoms with Gasteiger partial charge in [-0.05, 0) is 20.3 Å². The largest absolute Gasteiger partial charge is 0.480 e. The first-order chi connectivity index (χ1) is 5.54. The summed E-state index contributed by atoms with van der Waals surface area (Å²) in [6.45, 7) is 4.55. The molecular weight excluding hydrogens is 158 g/mol. The van der Waals surface area contributed by atoms with Crippen molar-refractivity contribution in [1.29, 1.82) is 0 Å². The number of aliphatic hydroxyl groups excluding tert-OH is 1. The Kier molecular flexibility index (Phi) is 2.69. The van der Waals surface area contributed by atoms with Gasteiger partial charge >= 0.3 is 5.97 Å². The van der Waals surface area contributed by atoms with Gasteiger partial charge < -0.3 is 10.2 Å². The van der Waals surface area contributed by atoms with Crippen LogP contribution in [-0.2, 0) is 4.79 Å². The number of carbonyl (C=O) groups is 1. The zero-order chi connectivity index (χ0) is 9.30. The summed E-state index contributed by atoms with van der Waals surface area (Å²) in [5.74, 6) is -0.922. The summed E-state index contributed by atoms with van der Waals surface area (Å²) in [5, 5.41) is 18.2. The van der Waals surface area contributed by atoms with Crippen molar-refractivity contribution >= 4 is 5.97 Å². The van der Waals surface area contributed by atoms with Gasteiger partial charge in [-0.1, -0.05) is 0 Å². The first kappa shape index (κ1) is 9.48. The molecule has 0 bridgehead atoms. The van der Waals surface area contributed by atoms with Crippen LogP contribution < -0.4 is 0 Å². The van der Waals surface area contributed by atoms with Crippen molar-refractivity contribution in [3.63, 3.8) is 0 Å². The van der Waals surface area contributed by atoms with Crippen LogP contribution in [0.25, 0.3) is 0 Å². The molecule has 0 spiro atoms. The summed E-state index contributed by atoms with van der Waals surface area (Å²) in [7, 11) is 0. The third-order valence-electron chi connectivity index (χ3n) is 2.32. The van der Waals surface area contributed by atoms with Crippen molar-refractivity contribution in [3.8, 4) is 0 Å². The number of rotatable bonds is 2. The molecule has 0 saturated carbocycles. The lowest BCUT2D eigenvalue weighted by molar-refractivity contribution is -0.145. The molecule has 0 aromatic heterocycles. The maximum Gasteiger partial charge on any atom is 0.323 e. The Hall–Kier alpha value is -0.610. The summed E-state index contributed by atoms with van der Waals surface area (Å²) in [6, 6.07) is -0.520. The summed E-state index contributed by atoms with van der Waals surface area (Å²) in [5.41, 5.74) is 0. The van der Waals surface area contributed by atoms with E-state index in [1.165, 1.54) is 0 Å². The Morgan fingerprint density at radius 1 is 1.58 bits per heavy atom. The SMILES string of the molecule is CC(C)N1CC[C@H](O)[C@@H]1C(=O)O. The van der Waals surface area contributed by atoms with E-state index in [-0.39, 0.29) is 6.04 Å². The van der Waals surface area contributed by atoms with Crippen LogP contribution in [0.3, 0.4) is 0 Å². The number of carboxylic acids is 1. The minimum Gasteiger partial charge on any atom is -0.480 e. The summed E-state index contributed by atoms with van der Waals surface area (Å²) in [6.07, 6.45) is -0.139. The number of likely N-dealkylation sites (tertiary alicyclic amines) is 1. The van der Waals surface area contributed by atoms with Crippen LogP contribution in [0.4, 0.5) is 0 Å². The van der Waals surface area contributed by atoms with Gasteiger partial charge in [0.15, 0.2) is 0 Å². The van der Waals surface area contributed by atoms with Crippen molar-refractivity contribution in [2.75, 3.05) is 6.54 Å². The van der Waals surface area contributed by atoms with E-state index in [0.717, 1.165) is 0 Å². The van der Waals surface area contributed by atoms with Gasteiger partial charge in [0.2, 0.25) is 0 Å². The smallest absolute Gasteiger partial charge is 0.323 e.